The van der Waals surface area contributed by atoms with Crippen LogP contribution in [0.15, 0.2) is 36.4 Å². The number of ether oxygens (including phenoxy) is 3. The van der Waals surface area contributed by atoms with Gasteiger partial charge in [0, 0.05) is 6.07 Å². The van der Waals surface area contributed by atoms with Crippen molar-refractivity contribution in [1.82, 2.24) is 0 Å². The number of hydrogen-bond acceptors (Lipinski definition) is 6. The van der Waals surface area contributed by atoms with Gasteiger partial charge in [-0.2, -0.15) is 0 Å². The molecule has 0 spiro atoms. The Morgan fingerprint density at radius 2 is 1.85 bits per heavy atom. The molecule has 1 amide bonds. The number of methoxy groups -OCH3 is 2. The van der Waals surface area contributed by atoms with Crippen LogP contribution in [0.5, 0.6) is 11.5 Å². The van der Waals surface area contributed by atoms with E-state index in [1.165, 1.54) is 39.3 Å². The number of carbonyl (C=O) groups excluding carboxylic acids is 2. The highest BCUT2D eigenvalue weighted by molar-refractivity contribution is 6.33. The molecule has 138 valence electrons. The minimum atomic E-state index is -1.05. The highest BCUT2D eigenvalue weighted by Gasteiger charge is 2.21. The lowest BCUT2D eigenvalue weighted by Gasteiger charge is -2.16. The Morgan fingerprint density at radius 1 is 1.12 bits per heavy atom. The van der Waals surface area contributed by atoms with Gasteiger partial charge in [0.2, 0.25) is 0 Å². The van der Waals surface area contributed by atoms with Crippen molar-refractivity contribution >= 4 is 34.9 Å². The molecule has 2 rings (SSSR count). The zero-order valence-corrected chi connectivity index (χ0v) is 15.3. The number of nitrogens with one attached hydrogen (secondary N) is 1. The fourth-order valence-electron chi connectivity index (χ4n) is 2.10. The van der Waals surface area contributed by atoms with Crippen molar-refractivity contribution in [2.24, 2.45) is 0 Å². The van der Waals surface area contributed by atoms with Crippen LogP contribution in [0.1, 0.15) is 17.3 Å². The van der Waals surface area contributed by atoms with Crippen LogP contribution in [-0.4, -0.2) is 32.2 Å². The van der Waals surface area contributed by atoms with Crippen LogP contribution in [-0.2, 0) is 9.53 Å². The highest BCUT2D eigenvalue weighted by Crippen LogP contribution is 2.29. The van der Waals surface area contributed by atoms with Crippen molar-refractivity contribution in [2.75, 3.05) is 25.3 Å². The minimum Gasteiger partial charge on any atom is -0.497 e. The molecule has 8 heteroatoms. The molecule has 7 nitrogen and oxygen atoms in total. The molecular formula is C18H19ClN2O5. The van der Waals surface area contributed by atoms with Gasteiger partial charge in [0.15, 0.2) is 6.10 Å². The maximum atomic E-state index is 12.3. The first-order valence-corrected chi connectivity index (χ1v) is 8.02. The zero-order valence-electron chi connectivity index (χ0n) is 14.5. The number of nitrogens with two attached hydrogens (primary N) is 1. The summed E-state index contributed by atoms with van der Waals surface area (Å²) in [7, 11) is 2.99. The molecular weight excluding hydrogens is 360 g/mol. The first kappa shape index (κ1) is 19.4. The smallest absolute Gasteiger partial charge is 0.338 e. The second-order valence-corrected chi connectivity index (χ2v) is 5.75. The SMILES string of the molecule is COc1ccc(OC)c(NC(=O)C(C)OC(=O)c2ccc(Cl)c(N)c2)c1. The first-order chi connectivity index (χ1) is 12.3. The summed E-state index contributed by atoms with van der Waals surface area (Å²) >= 11 is 5.82. The van der Waals surface area contributed by atoms with E-state index in [1.54, 1.807) is 18.2 Å². The number of carbonyl (C=O) groups is 2. The number of halogens is 1. The molecule has 0 aliphatic carbocycles. The largest absolute Gasteiger partial charge is 0.497 e. The van der Waals surface area contributed by atoms with Gasteiger partial charge in [0.25, 0.3) is 5.91 Å². The average Bonchev–Trinajstić information content (AvgIpc) is 2.63. The molecule has 26 heavy (non-hydrogen) atoms. The van der Waals surface area contributed by atoms with E-state index in [0.29, 0.717) is 22.2 Å². The van der Waals surface area contributed by atoms with Gasteiger partial charge in [-0.05, 0) is 37.3 Å². The number of anilines is 2. The first-order valence-electron chi connectivity index (χ1n) is 7.64. The number of nitrogen functional groups attached to an aromatic ring is 1. The van der Waals surface area contributed by atoms with Gasteiger partial charge >= 0.3 is 5.97 Å². The molecule has 0 heterocycles. The fraction of sp³-hybridized carbons (Fsp3) is 0.222. The number of benzene rings is 2. The van der Waals surface area contributed by atoms with Crippen LogP contribution < -0.4 is 20.5 Å². The molecule has 0 fully saturated rings. The van der Waals surface area contributed by atoms with Crippen molar-refractivity contribution in [2.45, 2.75) is 13.0 Å². The standard InChI is InChI=1S/C18H19ClN2O5/c1-10(26-18(23)11-4-6-13(19)14(20)8-11)17(22)21-15-9-12(24-2)5-7-16(15)25-3/h4-10H,20H2,1-3H3,(H,21,22). The third kappa shape index (κ3) is 4.58. The van der Waals surface area contributed by atoms with Crippen LogP contribution in [0.3, 0.4) is 0 Å². The summed E-state index contributed by atoms with van der Waals surface area (Å²) in [6.07, 6.45) is -1.05. The molecule has 0 saturated carbocycles. The number of hydrogen-bond donors (Lipinski definition) is 2. The molecule has 1 unspecified atom stereocenters. The van der Waals surface area contributed by atoms with Crippen molar-refractivity contribution in [1.29, 1.82) is 0 Å². The van der Waals surface area contributed by atoms with E-state index in [4.69, 9.17) is 31.5 Å². The summed E-state index contributed by atoms with van der Waals surface area (Å²) in [6.45, 7) is 1.46. The lowest BCUT2D eigenvalue weighted by molar-refractivity contribution is -0.123. The van der Waals surface area contributed by atoms with E-state index in [0.717, 1.165) is 0 Å². The average molecular weight is 379 g/mol. The Labute approximate surface area is 156 Å². The Balaban J connectivity index is 2.07. The van der Waals surface area contributed by atoms with Crippen molar-refractivity contribution < 1.29 is 23.8 Å². The number of amides is 1. The van der Waals surface area contributed by atoms with E-state index in [-0.39, 0.29) is 11.3 Å². The highest BCUT2D eigenvalue weighted by atomic mass is 35.5. The Morgan fingerprint density at radius 3 is 2.46 bits per heavy atom. The lowest BCUT2D eigenvalue weighted by atomic mass is 10.2. The monoisotopic (exact) mass is 378 g/mol. The maximum absolute atomic E-state index is 12.3. The fourth-order valence-corrected chi connectivity index (χ4v) is 2.22. The zero-order chi connectivity index (χ0) is 19.3. The summed E-state index contributed by atoms with van der Waals surface area (Å²) in [5, 5.41) is 2.98. The van der Waals surface area contributed by atoms with Crippen molar-refractivity contribution in [3.8, 4) is 11.5 Å². The Hall–Kier alpha value is -2.93. The van der Waals surface area contributed by atoms with Gasteiger partial charge in [-0.25, -0.2) is 4.79 Å². The van der Waals surface area contributed by atoms with Gasteiger partial charge in [0.05, 0.1) is 36.2 Å². The molecule has 2 aromatic carbocycles. The topological polar surface area (TPSA) is 99.9 Å². The van der Waals surface area contributed by atoms with E-state index in [9.17, 15) is 9.59 Å². The van der Waals surface area contributed by atoms with Crippen LogP contribution in [0.25, 0.3) is 0 Å². The van der Waals surface area contributed by atoms with Gasteiger partial charge < -0.3 is 25.3 Å². The predicted molar refractivity (Wildman–Crippen MR) is 98.9 cm³/mol. The van der Waals surface area contributed by atoms with E-state index in [2.05, 4.69) is 5.32 Å². The van der Waals surface area contributed by atoms with Crippen LogP contribution in [0.2, 0.25) is 5.02 Å². The summed E-state index contributed by atoms with van der Waals surface area (Å²) < 4.78 is 15.5. The van der Waals surface area contributed by atoms with E-state index < -0.39 is 18.0 Å². The summed E-state index contributed by atoms with van der Waals surface area (Å²) in [5.41, 5.74) is 6.51. The quantitative estimate of drug-likeness (QED) is 0.591. The molecule has 0 radical (unpaired) electrons. The Bertz CT molecular complexity index is 825. The van der Waals surface area contributed by atoms with Gasteiger partial charge in [-0.15, -0.1) is 0 Å². The van der Waals surface area contributed by atoms with Gasteiger partial charge in [0.1, 0.15) is 11.5 Å². The second kappa shape index (κ2) is 8.44. The molecule has 0 aliphatic rings. The molecule has 0 aromatic heterocycles. The van der Waals surface area contributed by atoms with E-state index in [1.807, 2.05) is 0 Å². The summed E-state index contributed by atoms with van der Waals surface area (Å²) in [4.78, 5) is 24.5. The predicted octanol–water partition coefficient (Wildman–Crippen LogP) is 3.12. The van der Waals surface area contributed by atoms with Gasteiger partial charge in [-0.3, -0.25) is 4.79 Å². The van der Waals surface area contributed by atoms with Crippen LogP contribution >= 0.6 is 11.6 Å². The second-order valence-electron chi connectivity index (χ2n) is 5.34. The molecule has 0 saturated heterocycles. The summed E-state index contributed by atoms with van der Waals surface area (Å²) in [5.74, 6) is -0.217. The molecule has 0 bridgehead atoms. The van der Waals surface area contributed by atoms with Crippen LogP contribution in [0.4, 0.5) is 11.4 Å². The van der Waals surface area contributed by atoms with Crippen molar-refractivity contribution in [3.05, 3.63) is 47.0 Å². The third-order valence-corrected chi connectivity index (χ3v) is 3.89. The lowest BCUT2D eigenvalue weighted by Crippen LogP contribution is -2.30. The number of esters is 1. The molecule has 1 atom stereocenters. The van der Waals surface area contributed by atoms with E-state index >= 15 is 0 Å². The molecule has 0 aliphatic heterocycles. The normalized spacial score (nSPS) is 11.4. The minimum absolute atomic E-state index is 0.200. The third-order valence-electron chi connectivity index (χ3n) is 3.55. The van der Waals surface area contributed by atoms with Crippen molar-refractivity contribution in [3.63, 3.8) is 0 Å². The molecule has 2 aromatic rings. The Kier molecular flexibility index (Phi) is 6.30. The summed E-state index contributed by atoms with van der Waals surface area (Å²) in [6, 6.07) is 9.30. The molecule has 3 N–H and O–H groups in total. The maximum Gasteiger partial charge on any atom is 0.338 e. The van der Waals surface area contributed by atoms with Gasteiger partial charge in [-0.1, -0.05) is 11.6 Å². The number of rotatable bonds is 6. The van der Waals surface area contributed by atoms with Crippen LogP contribution in [0, 0.1) is 0 Å².